The zero-order chi connectivity index (χ0) is 9.61. The summed E-state index contributed by atoms with van der Waals surface area (Å²) in [4.78, 5) is 10.3. The molecule has 0 aromatic carbocycles. The van der Waals surface area contributed by atoms with Gasteiger partial charge in [-0.05, 0) is 13.8 Å². The fourth-order valence-electron chi connectivity index (χ4n) is 0.717. The fourth-order valence-corrected chi connectivity index (χ4v) is 1.57. The largest absolute Gasteiger partial charge is 0.465 e. The van der Waals surface area contributed by atoms with Gasteiger partial charge in [-0.25, -0.2) is 4.79 Å². The molecule has 12 heavy (non-hydrogen) atoms. The van der Waals surface area contributed by atoms with E-state index in [1.165, 1.54) is 11.8 Å². The standard InChI is InChI=1S/C7H15NO3S/c1-7(2,8-6(10)11)5-12-4-3-9/h8-9H,3-5H2,1-2H3,(H,10,11). The van der Waals surface area contributed by atoms with Crippen molar-refractivity contribution in [3.63, 3.8) is 0 Å². The topological polar surface area (TPSA) is 69.6 Å². The minimum absolute atomic E-state index is 0.133. The van der Waals surface area contributed by atoms with Crippen LogP contribution in [-0.4, -0.2) is 40.0 Å². The van der Waals surface area contributed by atoms with Crippen LogP contribution in [-0.2, 0) is 0 Å². The summed E-state index contributed by atoms with van der Waals surface area (Å²) < 4.78 is 0. The molecular formula is C7H15NO3S. The highest BCUT2D eigenvalue weighted by molar-refractivity contribution is 7.99. The average Bonchev–Trinajstić information content (AvgIpc) is 1.84. The third-order valence-corrected chi connectivity index (χ3v) is 2.54. The first-order valence-electron chi connectivity index (χ1n) is 3.67. The van der Waals surface area contributed by atoms with Gasteiger partial charge in [0.1, 0.15) is 0 Å². The molecule has 0 aromatic heterocycles. The van der Waals surface area contributed by atoms with Crippen LogP contribution in [0.25, 0.3) is 0 Å². The lowest BCUT2D eigenvalue weighted by Gasteiger charge is -2.23. The van der Waals surface area contributed by atoms with Crippen LogP contribution in [0, 0.1) is 0 Å². The molecular weight excluding hydrogens is 178 g/mol. The highest BCUT2D eigenvalue weighted by Gasteiger charge is 2.19. The molecule has 0 saturated heterocycles. The van der Waals surface area contributed by atoms with Crippen LogP contribution in [0.4, 0.5) is 4.79 Å². The molecule has 0 bridgehead atoms. The lowest BCUT2D eigenvalue weighted by atomic mass is 10.1. The van der Waals surface area contributed by atoms with E-state index in [4.69, 9.17) is 10.2 Å². The quantitative estimate of drug-likeness (QED) is 0.564. The molecule has 0 aromatic rings. The van der Waals surface area contributed by atoms with Crippen molar-refractivity contribution in [1.82, 2.24) is 5.32 Å². The van der Waals surface area contributed by atoms with Crippen molar-refractivity contribution in [3.8, 4) is 0 Å². The molecule has 1 amide bonds. The maximum Gasteiger partial charge on any atom is 0.405 e. The Kier molecular flexibility index (Phi) is 5.08. The molecule has 0 aliphatic heterocycles. The predicted octanol–water partition coefficient (Wildman–Crippen LogP) is 0.758. The molecule has 72 valence electrons. The van der Waals surface area contributed by atoms with Gasteiger partial charge >= 0.3 is 6.09 Å². The van der Waals surface area contributed by atoms with Crippen molar-refractivity contribution in [1.29, 1.82) is 0 Å². The Morgan fingerprint density at radius 3 is 2.58 bits per heavy atom. The summed E-state index contributed by atoms with van der Waals surface area (Å²) in [5, 5.41) is 19.3. The summed E-state index contributed by atoms with van der Waals surface area (Å²) in [5.41, 5.74) is -0.425. The summed E-state index contributed by atoms with van der Waals surface area (Å²) >= 11 is 1.53. The van der Waals surface area contributed by atoms with E-state index in [0.717, 1.165) is 0 Å². The second kappa shape index (κ2) is 5.27. The number of amides is 1. The molecule has 0 unspecified atom stereocenters. The number of hydrogen-bond donors (Lipinski definition) is 3. The van der Waals surface area contributed by atoms with Crippen LogP contribution in [0.1, 0.15) is 13.8 Å². The Bertz CT molecular complexity index is 150. The number of carboxylic acid groups (broad SMARTS) is 1. The first-order chi connectivity index (χ1) is 5.48. The summed E-state index contributed by atoms with van der Waals surface area (Å²) in [5.74, 6) is 1.31. The van der Waals surface area contributed by atoms with Crippen LogP contribution in [0.3, 0.4) is 0 Å². The minimum atomic E-state index is -1.01. The fraction of sp³-hybridized carbons (Fsp3) is 0.857. The van der Waals surface area contributed by atoms with Gasteiger partial charge < -0.3 is 15.5 Å². The average molecular weight is 193 g/mol. The van der Waals surface area contributed by atoms with Crippen LogP contribution < -0.4 is 5.32 Å². The second-order valence-electron chi connectivity index (χ2n) is 3.09. The summed E-state index contributed by atoms with van der Waals surface area (Å²) in [7, 11) is 0. The number of aliphatic hydroxyl groups is 1. The van der Waals surface area contributed by atoms with Crippen molar-refractivity contribution in [2.75, 3.05) is 18.1 Å². The second-order valence-corrected chi connectivity index (χ2v) is 4.20. The Balaban J connectivity index is 3.63. The number of hydrogen-bond acceptors (Lipinski definition) is 3. The van der Waals surface area contributed by atoms with E-state index in [1.54, 1.807) is 0 Å². The molecule has 0 spiro atoms. The van der Waals surface area contributed by atoms with E-state index in [-0.39, 0.29) is 6.61 Å². The molecule has 0 atom stereocenters. The first-order valence-corrected chi connectivity index (χ1v) is 4.83. The van der Waals surface area contributed by atoms with E-state index in [0.29, 0.717) is 11.5 Å². The van der Waals surface area contributed by atoms with Gasteiger partial charge in [0.25, 0.3) is 0 Å². The smallest absolute Gasteiger partial charge is 0.405 e. The van der Waals surface area contributed by atoms with Crippen molar-refractivity contribution in [2.45, 2.75) is 19.4 Å². The van der Waals surface area contributed by atoms with E-state index < -0.39 is 11.6 Å². The highest BCUT2D eigenvalue weighted by Crippen LogP contribution is 2.11. The normalized spacial score (nSPS) is 11.2. The summed E-state index contributed by atoms with van der Waals surface area (Å²) in [6.45, 7) is 3.75. The van der Waals surface area contributed by atoms with Gasteiger partial charge in [0.15, 0.2) is 0 Å². The molecule has 0 aliphatic rings. The van der Waals surface area contributed by atoms with Crippen LogP contribution in [0.5, 0.6) is 0 Å². The number of nitrogens with one attached hydrogen (secondary N) is 1. The Hall–Kier alpha value is -0.420. The van der Waals surface area contributed by atoms with Gasteiger partial charge in [0.2, 0.25) is 0 Å². The van der Waals surface area contributed by atoms with E-state index in [9.17, 15) is 4.79 Å². The maximum absolute atomic E-state index is 10.3. The van der Waals surface area contributed by atoms with Gasteiger partial charge in [-0.3, -0.25) is 0 Å². The molecule has 4 nitrogen and oxygen atoms in total. The first kappa shape index (κ1) is 11.6. The van der Waals surface area contributed by atoms with Crippen molar-refractivity contribution in [3.05, 3.63) is 0 Å². The lowest BCUT2D eigenvalue weighted by molar-refractivity contribution is 0.185. The minimum Gasteiger partial charge on any atom is -0.465 e. The molecule has 0 radical (unpaired) electrons. The number of rotatable bonds is 5. The van der Waals surface area contributed by atoms with Gasteiger partial charge in [-0.1, -0.05) is 0 Å². The molecule has 0 heterocycles. The van der Waals surface area contributed by atoms with Crippen LogP contribution in [0.2, 0.25) is 0 Å². The molecule has 0 saturated carbocycles. The van der Waals surface area contributed by atoms with Gasteiger partial charge in [0.05, 0.1) is 6.61 Å². The zero-order valence-electron chi connectivity index (χ0n) is 7.33. The molecule has 3 N–H and O–H groups in total. The highest BCUT2D eigenvalue weighted by atomic mass is 32.2. The van der Waals surface area contributed by atoms with E-state index in [2.05, 4.69) is 5.32 Å². The van der Waals surface area contributed by atoms with E-state index >= 15 is 0 Å². The maximum atomic E-state index is 10.3. The van der Waals surface area contributed by atoms with E-state index in [1.807, 2.05) is 13.8 Å². The van der Waals surface area contributed by atoms with Gasteiger partial charge in [-0.15, -0.1) is 0 Å². The van der Waals surface area contributed by atoms with Gasteiger partial charge in [-0.2, -0.15) is 11.8 Å². The van der Waals surface area contributed by atoms with Gasteiger partial charge in [0, 0.05) is 17.0 Å². The molecule has 0 aliphatic carbocycles. The van der Waals surface area contributed by atoms with Crippen LogP contribution >= 0.6 is 11.8 Å². The number of thioether (sulfide) groups is 1. The Morgan fingerprint density at radius 1 is 1.58 bits per heavy atom. The Labute approximate surface area is 76.4 Å². The molecule has 5 heteroatoms. The third-order valence-electron chi connectivity index (χ3n) is 1.14. The lowest BCUT2D eigenvalue weighted by Crippen LogP contribution is -2.44. The third kappa shape index (κ3) is 6.30. The Morgan fingerprint density at radius 2 is 2.17 bits per heavy atom. The van der Waals surface area contributed by atoms with Crippen molar-refractivity contribution < 1.29 is 15.0 Å². The summed E-state index contributed by atoms with van der Waals surface area (Å²) in [6, 6.07) is 0. The SMILES string of the molecule is CC(C)(CSCCO)NC(=O)O. The number of carbonyl (C=O) groups is 1. The predicted molar refractivity (Wildman–Crippen MR) is 49.7 cm³/mol. The molecule has 0 fully saturated rings. The monoisotopic (exact) mass is 193 g/mol. The summed E-state index contributed by atoms with van der Waals surface area (Å²) in [6.07, 6.45) is -1.01. The zero-order valence-corrected chi connectivity index (χ0v) is 8.15. The van der Waals surface area contributed by atoms with Crippen molar-refractivity contribution >= 4 is 17.9 Å². The number of aliphatic hydroxyl groups excluding tert-OH is 1. The van der Waals surface area contributed by atoms with Crippen LogP contribution in [0.15, 0.2) is 0 Å². The molecule has 0 rings (SSSR count). The van der Waals surface area contributed by atoms with Crippen molar-refractivity contribution in [2.24, 2.45) is 0 Å².